The maximum Gasteiger partial charge on any atom is 0.341 e. The summed E-state index contributed by atoms with van der Waals surface area (Å²) in [4.78, 5) is 27.4. The van der Waals surface area contributed by atoms with Crippen LogP contribution in [0.5, 0.6) is 0 Å². The van der Waals surface area contributed by atoms with Crippen molar-refractivity contribution in [3.63, 3.8) is 0 Å². The van der Waals surface area contributed by atoms with E-state index in [-0.39, 0.29) is 18.3 Å². The lowest BCUT2D eigenvalue weighted by Crippen LogP contribution is -2.16. The second kappa shape index (κ2) is 12.1. The highest BCUT2D eigenvalue weighted by Gasteiger charge is 2.22. The predicted molar refractivity (Wildman–Crippen MR) is 153 cm³/mol. The van der Waals surface area contributed by atoms with Crippen LogP contribution in [0, 0.1) is 13.8 Å². The Kier molecular flexibility index (Phi) is 8.83. The first kappa shape index (κ1) is 27.1. The van der Waals surface area contributed by atoms with Crippen LogP contribution in [-0.4, -0.2) is 39.0 Å². The second-order valence-corrected chi connectivity index (χ2v) is 11.5. The Bertz CT molecular complexity index is 1400. The van der Waals surface area contributed by atoms with Crippen molar-refractivity contribution in [1.29, 1.82) is 0 Å². The minimum atomic E-state index is -0.424. The van der Waals surface area contributed by atoms with Crippen LogP contribution in [0.3, 0.4) is 0 Å². The van der Waals surface area contributed by atoms with Gasteiger partial charge in [0.25, 0.3) is 0 Å². The van der Waals surface area contributed by atoms with Crippen molar-refractivity contribution in [2.75, 3.05) is 17.7 Å². The Labute approximate surface area is 229 Å². The van der Waals surface area contributed by atoms with Crippen LogP contribution in [0.4, 0.5) is 5.00 Å². The van der Waals surface area contributed by atoms with Crippen molar-refractivity contribution in [2.45, 2.75) is 52.7 Å². The molecule has 10 heteroatoms. The van der Waals surface area contributed by atoms with Crippen molar-refractivity contribution < 1.29 is 14.3 Å². The lowest BCUT2D eigenvalue weighted by atomic mass is 10.0. The zero-order valence-corrected chi connectivity index (χ0v) is 24.0. The monoisotopic (exact) mass is 554 g/mol. The van der Waals surface area contributed by atoms with E-state index < -0.39 is 5.97 Å². The van der Waals surface area contributed by atoms with Gasteiger partial charge in [0, 0.05) is 32.8 Å². The van der Waals surface area contributed by atoms with E-state index in [0.717, 1.165) is 33.8 Å². The summed E-state index contributed by atoms with van der Waals surface area (Å²) < 4.78 is 7.20. The quantitative estimate of drug-likeness (QED) is 0.171. The average molecular weight is 555 g/mol. The smallest absolute Gasteiger partial charge is 0.341 e. The van der Waals surface area contributed by atoms with Crippen molar-refractivity contribution in [3.8, 4) is 22.5 Å². The highest BCUT2D eigenvalue weighted by atomic mass is 32.2. The Morgan fingerprint density at radius 2 is 1.86 bits per heavy atom. The second-order valence-electron chi connectivity index (χ2n) is 8.36. The molecule has 3 aromatic heterocycles. The number of nitrogens with one attached hydrogen (secondary N) is 1. The lowest BCUT2D eigenvalue weighted by Gasteiger charge is -2.10. The molecule has 0 aliphatic carbocycles. The molecule has 0 unspecified atom stereocenters. The number of benzene rings is 1. The minimum Gasteiger partial charge on any atom is -0.462 e. The number of hydrogen-bond donors (Lipinski definition) is 1. The fourth-order valence-corrected chi connectivity index (χ4v) is 6.61. The molecular formula is C27H30N4O3S3. The molecule has 37 heavy (non-hydrogen) atoms. The number of carbonyl (C=O) groups excluding carboxylic acids is 2. The number of rotatable bonds is 10. The number of thiophene rings is 2. The van der Waals surface area contributed by atoms with Gasteiger partial charge in [0.15, 0.2) is 11.0 Å². The minimum absolute atomic E-state index is 0.146. The van der Waals surface area contributed by atoms with E-state index in [2.05, 4.69) is 59.0 Å². The molecule has 0 aliphatic heterocycles. The van der Waals surface area contributed by atoms with Crippen LogP contribution < -0.4 is 5.32 Å². The maximum atomic E-state index is 12.8. The number of anilines is 1. The van der Waals surface area contributed by atoms with Crippen LogP contribution in [-0.2, 0) is 22.5 Å². The zero-order valence-electron chi connectivity index (χ0n) is 21.6. The van der Waals surface area contributed by atoms with E-state index in [4.69, 9.17) is 4.74 Å². The first-order valence-corrected chi connectivity index (χ1v) is 14.9. The van der Waals surface area contributed by atoms with Gasteiger partial charge < -0.3 is 14.6 Å². The van der Waals surface area contributed by atoms with Gasteiger partial charge in [0.05, 0.1) is 17.9 Å². The number of nitrogens with zero attached hydrogens (tertiary/aromatic N) is 3. The molecule has 4 rings (SSSR count). The van der Waals surface area contributed by atoms with Crippen molar-refractivity contribution >= 4 is 51.3 Å². The summed E-state index contributed by atoms with van der Waals surface area (Å²) in [5, 5.41) is 15.2. The van der Waals surface area contributed by atoms with E-state index in [1.54, 1.807) is 24.3 Å². The van der Waals surface area contributed by atoms with Crippen LogP contribution in [0.25, 0.3) is 22.5 Å². The summed E-state index contributed by atoms with van der Waals surface area (Å²) in [6.07, 6.45) is 0.775. The number of hydrogen-bond acceptors (Lipinski definition) is 8. The van der Waals surface area contributed by atoms with E-state index in [0.29, 0.717) is 22.3 Å². The number of esters is 1. The van der Waals surface area contributed by atoms with Gasteiger partial charge in [-0.1, -0.05) is 48.5 Å². The third-order valence-electron chi connectivity index (χ3n) is 5.80. The van der Waals surface area contributed by atoms with Crippen LogP contribution in [0.15, 0.2) is 40.9 Å². The first-order chi connectivity index (χ1) is 17.9. The average Bonchev–Trinajstić information content (AvgIpc) is 3.59. The molecule has 0 fully saturated rings. The van der Waals surface area contributed by atoms with Crippen LogP contribution >= 0.6 is 34.4 Å². The van der Waals surface area contributed by atoms with Crippen LogP contribution in [0.1, 0.15) is 46.4 Å². The molecule has 7 nitrogen and oxygen atoms in total. The third-order valence-corrected chi connectivity index (χ3v) is 8.87. The normalized spacial score (nSPS) is 11.1. The predicted octanol–water partition coefficient (Wildman–Crippen LogP) is 6.84. The van der Waals surface area contributed by atoms with Crippen molar-refractivity contribution in [2.24, 2.45) is 0 Å². The molecule has 1 N–H and O–H groups in total. The molecule has 1 aromatic carbocycles. The lowest BCUT2D eigenvalue weighted by molar-refractivity contribution is -0.113. The van der Waals surface area contributed by atoms with Gasteiger partial charge in [-0.05, 0) is 45.7 Å². The molecule has 0 saturated heterocycles. The van der Waals surface area contributed by atoms with E-state index >= 15 is 0 Å². The Hall–Kier alpha value is -2.95. The zero-order chi connectivity index (χ0) is 26.5. The number of aryl methyl sites for hydroxylation is 3. The van der Waals surface area contributed by atoms with Gasteiger partial charge in [-0.25, -0.2) is 4.79 Å². The van der Waals surface area contributed by atoms with Gasteiger partial charge >= 0.3 is 5.97 Å². The standard InChI is InChI=1S/C27H30N4O3S3/c1-6-19-13-20(26(33)34-8-3)25(37-19)28-22(32)15-36-27-30-29-24(31(27)7-2)21-14-35-17(5)23(21)18-11-9-16(4)10-12-18/h9-14H,6-8,15H2,1-5H3,(H,28,32). The molecular weight excluding hydrogens is 525 g/mol. The highest BCUT2D eigenvalue weighted by molar-refractivity contribution is 7.99. The van der Waals surface area contributed by atoms with Gasteiger partial charge in [-0.3, -0.25) is 4.79 Å². The van der Waals surface area contributed by atoms with Crippen molar-refractivity contribution in [3.05, 3.63) is 56.6 Å². The third kappa shape index (κ3) is 5.97. The Morgan fingerprint density at radius 1 is 1.11 bits per heavy atom. The molecule has 194 valence electrons. The van der Waals surface area contributed by atoms with Crippen molar-refractivity contribution in [1.82, 2.24) is 14.8 Å². The fraction of sp³-hybridized carbons (Fsp3) is 0.333. The topological polar surface area (TPSA) is 86.1 Å². The number of amides is 1. The molecule has 0 spiro atoms. The largest absolute Gasteiger partial charge is 0.462 e. The summed E-state index contributed by atoms with van der Waals surface area (Å²) >= 11 is 4.43. The highest BCUT2D eigenvalue weighted by Crippen LogP contribution is 2.39. The molecule has 0 radical (unpaired) electrons. The molecule has 0 saturated carbocycles. The number of thioether (sulfide) groups is 1. The molecule has 0 aliphatic rings. The van der Waals surface area contributed by atoms with E-state index in [9.17, 15) is 9.59 Å². The first-order valence-electron chi connectivity index (χ1n) is 12.2. The van der Waals surface area contributed by atoms with E-state index in [1.807, 2.05) is 18.4 Å². The van der Waals surface area contributed by atoms with Gasteiger partial charge in [-0.15, -0.1) is 32.9 Å². The summed E-state index contributed by atoms with van der Waals surface area (Å²) in [6, 6.07) is 10.3. The Morgan fingerprint density at radius 3 is 2.54 bits per heavy atom. The molecule has 1 amide bonds. The van der Waals surface area contributed by atoms with E-state index in [1.165, 1.54) is 33.5 Å². The van der Waals surface area contributed by atoms with Gasteiger partial charge in [0.1, 0.15) is 5.00 Å². The fourth-order valence-electron chi connectivity index (χ4n) is 3.94. The number of carbonyl (C=O) groups is 2. The molecule has 3 heterocycles. The maximum absolute atomic E-state index is 12.8. The van der Waals surface area contributed by atoms with Gasteiger partial charge in [-0.2, -0.15) is 0 Å². The molecule has 4 aromatic rings. The summed E-state index contributed by atoms with van der Waals surface area (Å²) in [5.41, 5.74) is 4.98. The number of aromatic nitrogens is 3. The summed E-state index contributed by atoms with van der Waals surface area (Å²) in [5.74, 6) is 0.305. The molecule has 0 bridgehead atoms. The molecule has 0 atom stereocenters. The summed E-state index contributed by atoms with van der Waals surface area (Å²) in [7, 11) is 0. The van der Waals surface area contributed by atoms with Gasteiger partial charge in [0.2, 0.25) is 5.91 Å². The number of ether oxygens (including phenoxy) is 1. The summed E-state index contributed by atoms with van der Waals surface area (Å²) in [6.45, 7) is 11.0. The van der Waals surface area contributed by atoms with Crippen LogP contribution in [0.2, 0.25) is 0 Å². The Balaban J connectivity index is 1.52. The SMILES string of the molecule is CCOC(=O)c1cc(CC)sc1NC(=O)CSc1nnc(-c2csc(C)c2-c2ccc(C)cc2)n1CC.